The average Bonchev–Trinajstić information content (AvgIpc) is 2.60. The first-order chi connectivity index (χ1) is 7.65. The molecule has 0 aliphatic heterocycles. The zero-order valence-electron chi connectivity index (χ0n) is 9.47. The van der Waals surface area contributed by atoms with Crippen LogP contribution in [0.15, 0.2) is 24.4 Å². The molecular weight excluding hydrogens is 204 g/mol. The number of para-hydroxylation sites is 1. The number of hydrogen-bond acceptors (Lipinski definition) is 3. The molecule has 2 rings (SSSR count). The molecule has 4 nitrogen and oxygen atoms in total. The molecule has 0 aliphatic carbocycles. The quantitative estimate of drug-likeness (QED) is 0.780. The Bertz CT molecular complexity index is 503. The lowest BCUT2D eigenvalue weighted by molar-refractivity contribution is 0.125. The second kappa shape index (κ2) is 4.15. The monoisotopic (exact) mass is 220 g/mol. The van der Waals surface area contributed by atoms with Crippen molar-refractivity contribution in [2.75, 3.05) is 0 Å². The molecule has 1 aromatic heterocycles. The van der Waals surface area contributed by atoms with Crippen LogP contribution < -0.4 is 5.90 Å². The van der Waals surface area contributed by atoms with Gasteiger partial charge < -0.3 is 9.67 Å². The van der Waals surface area contributed by atoms with Gasteiger partial charge in [-0.15, -0.1) is 0 Å². The van der Waals surface area contributed by atoms with Crippen molar-refractivity contribution in [1.82, 2.24) is 4.57 Å². The van der Waals surface area contributed by atoms with Crippen LogP contribution in [0.1, 0.15) is 25.5 Å². The molecule has 0 aliphatic rings. The molecule has 3 N–H and O–H groups in total. The lowest BCUT2D eigenvalue weighted by Crippen LogP contribution is -1.99. The van der Waals surface area contributed by atoms with Crippen LogP contribution >= 0.6 is 0 Å². The molecule has 0 saturated carbocycles. The molecule has 0 spiro atoms. The molecule has 0 saturated heterocycles. The van der Waals surface area contributed by atoms with E-state index in [1.54, 1.807) is 6.07 Å². The highest BCUT2D eigenvalue weighted by molar-refractivity contribution is 5.88. The highest BCUT2D eigenvalue weighted by Crippen LogP contribution is 2.31. The Morgan fingerprint density at radius 2 is 2.19 bits per heavy atom. The van der Waals surface area contributed by atoms with Crippen LogP contribution in [0.25, 0.3) is 10.9 Å². The molecule has 86 valence electrons. The van der Waals surface area contributed by atoms with Crippen molar-refractivity contribution in [3.05, 3.63) is 30.0 Å². The van der Waals surface area contributed by atoms with E-state index in [4.69, 9.17) is 5.90 Å². The topological polar surface area (TPSA) is 60.4 Å². The summed E-state index contributed by atoms with van der Waals surface area (Å²) < 4.78 is 2.03. The van der Waals surface area contributed by atoms with Gasteiger partial charge in [0.15, 0.2) is 0 Å². The number of rotatable bonds is 3. The fourth-order valence-corrected chi connectivity index (χ4v) is 1.98. The van der Waals surface area contributed by atoms with Gasteiger partial charge in [0.25, 0.3) is 0 Å². The van der Waals surface area contributed by atoms with Gasteiger partial charge in [0.1, 0.15) is 5.75 Å². The number of phenolic OH excluding ortho intramolecular Hbond substituents is 1. The molecule has 4 heteroatoms. The van der Waals surface area contributed by atoms with Gasteiger partial charge >= 0.3 is 0 Å². The second-order valence-corrected chi connectivity index (χ2v) is 4.14. The van der Waals surface area contributed by atoms with E-state index in [1.807, 2.05) is 22.9 Å². The summed E-state index contributed by atoms with van der Waals surface area (Å²) in [6, 6.07) is 5.75. The van der Waals surface area contributed by atoms with Gasteiger partial charge in [-0.3, -0.25) is 4.84 Å². The predicted octanol–water partition coefficient (Wildman–Crippen LogP) is 2.32. The number of aromatic nitrogens is 1. The third-order valence-electron chi connectivity index (χ3n) is 2.71. The van der Waals surface area contributed by atoms with Crippen LogP contribution in [0, 0.1) is 0 Å². The molecule has 0 radical (unpaired) electrons. The fourth-order valence-electron chi connectivity index (χ4n) is 1.98. The summed E-state index contributed by atoms with van der Waals surface area (Å²) in [5.41, 5.74) is 1.83. The van der Waals surface area contributed by atoms with E-state index in [2.05, 4.69) is 18.7 Å². The van der Waals surface area contributed by atoms with Crippen LogP contribution in [-0.4, -0.2) is 9.67 Å². The summed E-state index contributed by atoms with van der Waals surface area (Å²) in [7, 11) is 0. The SMILES string of the molecule is CC(C)n1cc(CON)c2cccc(O)c21. The molecule has 2 aromatic rings. The summed E-state index contributed by atoms with van der Waals surface area (Å²) >= 11 is 0. The Kier molecular flexibility index (Phi) is 2.85. The smallest absolute Gasteiger partial charge is 0.139 e. The Labute approximate surface area is 94.2 Å². The lowest BCUT2D eigenvalue weighted by atomic mass is 10.2. The first-order valence-electron chi connectivity index (χ1n) is 5.28. The Hall–Kier alpha value is -1.52. The summed E-state index contributed by atoms with van der Waals surface area (Å²) in [5, 5.41) is 10.9. The van der Waals surface area contributed by atoms with E-state index in [0.29, 0.717) is 6.61 Å². The van der Waals surface area contributed by atoms with Gasteiger partial charge in [-0.2, -0.15) is 0 Å². The van der Waals surface area contributed by atoms with Crippen molar-refractivity contribution in [3.63, 3.8) is 0 Å². The molecule has 0 atom stereocenters. The minimum atomic E-state index is 0.280. The van der Waals surface area contributed by atoms with E-state index in [1.165, 1.54) is 0 Å². The minimum Gasteiger partial charge on any atom is -0.506 e. The maximum Gasteiger partial charge on any atom is 0.139 e. The molecular formula is C12H16N2O2. The Balaban J connectivity index is 2.71. The van der Waals surface area contributed by atoms with Gasteiger partial charge in [0.05, 0.1) is 12.1 Å². The van der Waals surface area contributed by atoms with Gasteiger partial charge in [-0.1, -0.05) is 12.1 Å². The molecule has 0 unspecified atom stereocenters. The Morgan fingerprint density at radius 3 is 2.81 bits per heavy atom. The molecule has 0 bridgehead atoms. The minimum absolute atomic E-state index is 0.280. The maximum atomic E-state index is 9.89. The predicted molar refractivity (Wildman–Crippen MR) is 63.0 cm³/mol. The van der Waals surface area contributed by atoms with Crippen LogP contribution in [0.3, 0.4) is 0 Å². The first kappa shape index (κ1) is 11.0. The van der Waals surface area contributed by atoms with Gasteiger partial charge in [-0.25, -0.2) is 5.90 Å². The van der Waals surface area contributed by atoms with E-state index >= 15 is 0 Å². The molecule has 0 fully saturated rings. The van der Waals surface area contributed by atoms with Crippen molar-refractivity contribution in [2.24, 2.45) is 5.90 Å². The summed E-state index contributed by atoms with van der Waals surface area (Å²) in [6.07, 6.45) is 1.97. The highest BCUT2D eigenvalue weighted by atomic mass is 16.6. The average molecular weight is 220 g/mol. The van der Waals surface area contributed by atoms with Gasteiger partial charge in [-0.05, 0) is 19.9 Å². The van der Waals surface area contributed by atoms with Crippen LogP contribution in [0.5, 0.6) is 5.75 Å². The largest absolute Gasteiger partial charge is 0.506 e. The molecule has 1 aromatic carbocycles. The number of hydrogen-bond donors (Lipinski definition) is 2. The third-order valence-corrected chi connectivity index (χ3v) is 2.71. The van der Waals surface area contributed by atoms with Crippen LogP contribution in [0.2, 0.25) is 0 Å². The van der Waals surface area contributed by atoms with Gasteiger partial charge in [0.2, 0.25) is 0 Å². The third kappa shape index (κ3) is 1.66. The van der Waals surface area contributed by atoms with Crippen molar-refractivity contribution < 1.29 is 9.94 Å². The molecule has 16 heavy (non-hydrogen) atoms. The number of phenols is 1. The van der Waals surface area contributed by atoms with Crippen LogP contribution in [-0.2, 0) is 11.4 Å². The summed E-state index contributed by atoms with van der Waals surface area (Å²) in [4.78, 5) is 4.67. The number of nitrogens with two attached hydrogens (primary N) is 1. The first-order valence-corrected chi connectivity index (χ1v) is 5.28. The summed E-state index contributed by atoms with van der Waals surface area (Å²) in [5.74, 6) is 5.39. The Morgan fingerprint density at radius 1 is 1.44 bits per heavy atom. The van der Waals surface area contributed by atoms with E-state index in [-0.39, 0.29) is 11.8 Å². The molecule has 1 heterocycles. The number of fused-ring (bicyclic) bond motifs is 1. The van der Waals surface area contributed by atoms with E-state index in [9.17, 15) is 5.11 Å². The fraction of sp³-hybridized carbons (Fsp3) is 0.333. The second-order valence-electron chi connectivity index (χ2n) is 4.14. The van der Waals surface area contributed by atoms with Crippen LogP contribution in [0.4, 0.5) is 0 Å². The van der Waals surface area contributed by atoms with Crippen molar-refractivity contribution >= 4 is 10.9 Å². The van der Waals surface area contributed by atoms with Crippen molar-refractivity contribution in [2.45, 2.75) is 26.5 Å². The molecule has 0 amide bonds. The number of nitrogens with zero attached hydrogens (tertiary/aromatic N) is 1. The number of benzene rings is 1. The van der Waals surface area contributed by atoms with Crippen molar-refractivity contribution in [3.8, 4) is 5.75 Å². The van der Waals surface area contributed by atoms with E-state index in [0.717, 1.165) is 16.5 Å². The van der Waals surface area contributed by atoms with Gasteiger partial charge in [0, 0.05) is 23.2 Å². The lowest BCUT2D eigenvalue weighted by Gasteiger charge is -2.09. The maximum absolute atomic E-state index is 9.89. The zero-order valence-corrected chi connectivity index (χ0v) is 9.47. The highest BCUT2D eigenvalue weighted by Gasteiger charge is 2.13. The standard InChI is InChI=1S/C12H16N2O2/c1-8(2)14-6-9(7-16-13)10-4-3-5-11(15)12(10)14/h3-6,8,15H,7,13H2,1-2H3. The van der Waals surface area contributed by atoms with E-state index < -0.39 is 0 Å². The zero-order chi connectivity index (χ0) is 11.7. The summed E-state index contributed by atoms with van der Waals surface area (Å²) in [6.45, 7) is 4.48. The normalized spacial score (nSPS) is 11.5. The number of aromatic hydroxyl groups is 1. The van der Waals surface area contributed by atoms with Crippen molar-refractivity contribution in [1.29, 1.82) is 0 Å².